The highest BCUT2D eigenvalue weighted by Gasteiger charge is 2.59. The van der Waals surface area contributed by atoms with Crippen molar-refractivity contribution in [2.75, 3.05) is 0 Å². The van der Waals surface area contributed by atoms with E-state index in [-0.39, 0.29) is 0 Å². The van der Waals surface area contributed by atoms with Gasteiger partial charge in [-0.15, -0.1) is 0 Å². The lowest BCUT2D eigenvalue weighted by molar-refractivity contribution is -0.117. The zero-order chi connectivity index (χ0) is 23.7. The van der Waals surface area contributed by atoms with Crippen LogP contribution in [0.1, 0.15) is 126 Å². The number of hydrogen-bond donors (Lipinski definition) is 0. The highest BCUT2D eigenvalue weighted by Crippen LogP contribution is 2.67. The van der Waals surface area contributed by atoms with Gasteiger partial charge in [0.05, 0.1) is 0 Å². The summed E-state index contributed by atoms with van der Waals surface area (Å²) < 4.78 is 0. The van der Waals surface area contributed by atoms with Gasteiger partial charge in [0.15, 0.2) is 5.78 Å². The van der Waals surface area contributed by atoms with Crippen LogP contribution in [-0.2, 0) is 4.79 Å². The average Bonchev–Trinajstić information content (AvgIpc) is 3.13. The Labute approximate surface area is 200 Å². The van der Waals surface area contributed by atoms with Crippen LogP contribution in [0.4, 0.5) is 0 Å². The van der Waals surface area contributed by atoms with E-state index in [1.807, 2.05) is 13.8 Å². The average molecular weight is 443 g/mol. The summed E-state index contributed by atoms with van der Waals surface area (Å²) in [6.07, 6.45) is 16.5. The van der Waals surface area contributed by atoms with E-state index in [0.29, 0.717) is 16.6 Å². The minimum Gasteiger partial charge on any atom is -0.295 e. The summed E-state index contributed by atoms with van der Waals surface area (Å²) >= 11 is 0. The molecule has 4 aliphatic carbocycles. The predicted octanol–water partition coefficient (Wildman–Crippen LogP) is 9.26. The predicted molar refractivity (Wildman–Crippen MR) is 139 cm³/mol. The number of carbonyl (C=O) groups is 1. The first-order valence-corrected chi connectivity index (χ1v) is 14.4. The molecular weight excluding hydrogens is 388 g/mol. The number of allylic oxidation sites excluding steroid dienone is 1. The summed E-state index contributed by atoms with van der Waals surface area (Å²) in [6.45, 7) is 19.0. The number of ketones is 1. The molecule has 7 unspecified atom stereocenters. The molecule has 4 aliphatic rings. The van der Waals surface area contributed by atoms with Crippen molar-refractivity contribution < 1.29 is 4.79 Å². The largest absolute Gasteiger partial charge is 0.295 e. The van der Waals surface area contributed by atoms with E-state index < -0.39 is 0 Å². The normalized spacial score (nSPS) is 40.4. The van der Waals surface area contributed by atoms with Gasteiger partial charge >= 0.3 is 0 Å². The third-order valence-electron chi connectivity index (χ3n) is 11.2. The second-order valence-corrected chi connectivity index (χ2v) is 12.7. The molecule has 3 fully saturated rings. The van der Waals surface area contributed by atoms with Gasteiger partial charge in [0.2, 0.25) is 0 Å². The summed E-state index contributed by atoms with van der Waals surface area (Å²) in [6, 6.07) is 0. The first-order valence-electron chi connectivity index (χ1n) is 14.4. The zero-order valence-corrected chi connectivity index (χ0v) is 22.8. The number of hydrogen-bond acceptors (Lipinski definition) is 1. The van der Waals surface area contributed by atoms with Crippen LogP contribution in [0, 0.1) is 52.3 Å². The van der Waals surface area contributed by atoms with Crippen LogP contribution in [0.3, 0.4) is 0 Å². The van der Waals surface area contributed by atoms with Gasteiger partial charge in [-0.2, -0.15) is 0 Å². The Morgan fingerprint density at radius 1 is 0.938 bits per heavy atom. The molecule has 0 bridgehead atoms. The fourth-order valence-electron chi connectivity index (χ4n) is 9.22. The Balaban J connectivity index is 0.00000141. The van der Waals surface area contributed by atoms with Gasteiger partial charge < -0.3 is 0 Å². The Bertz CT molecular complexity index is 674. The smallest absolute Gasteiger partial charge is 0.155 e. The van der Waals surface area contributed by atoms with Crippen molar-refractivity contribution in [1.29, 1.82) is 0 Å². The summed E-state index contributed by atoms with van der Waals surface area (Å²) in [4.78, 5) is 12.1. The monoisotopic (exact) mass is 442 g/mol. The molecule has 0 radical (unpaired) electrons. The molecule has 1 nitrogen and oxygen atoms in total. The first kappa shape index (κ1) is 26.0. The molecule has 3 saturated carbocycles. The van der Waals surface area contributed by atoms with Crippen LogP contribution >= 0.6 is 0 Å². The topological polar surface area (TPSA) is 17.1 Å². The minimum absolute atomic E-state index is 0.327. The number of rotatable bonds is 6. The molecule has 8 atom stereocenters. The van der Waals surface area contributed by atoms with Crippen molar-refractivity contribution in [3.8, 4) is 0 Å². The van der Waals surface area contributed by atoms with Gasteiger partial charge in [-0.25, -0.2) is 0 Å². The van der Waals surface area contributed by atoms with E-state index in [0.717, 1.165) is 54.3 Å². The lowest BCUT2D eigenvalue weighted by atomic mass is 9.46. The molecule has 0 aromatic rings. The van der Waals surface area contributed by atoms with E-state index in [2.05, 4.69) is 47.6 Å². The molecule has 1 heteroatoms. The van der Waals surface area contributed by atoms with Crippen LogP contribution in [-0.4, -0.2) is 5.78 Å². The summed E-state index contributed by atoms with van der Waals surface area (Å²) in [7, 11) is 0. The van der Waals surface area contributed by atoms with Crippen LogP contribution in [0.15, 0.2) is 11.6 Å². The van der Waals surface area contributed by atoms with E-state index >= 15 is 0 Å². The first-order chi connectivity index (χ1) is 15.2. The number of carbonyl (C=O) groups excluding carboxylic acids is 1. The van der Waals surface area contributed by atoms with E-state index in [9.17, 15) is 4.79 Å². The third-order valence-corrected chi connectivity index (χ3v) is 11.2. The van der Waals surface area contributed by atoms with Gasteiger partial charge in [-0.1, -0.05) is 73.8 Å². The van der Waals surface area contributed by atoms with Gasteiger partial charge in [0.25, 0.3) is 0 Å². The summed E-state index contributed by atoms with van der Waals surface area (Å²) in [5, 5.41) is 0. The highest BCUT2D eigenvalue weighted by molar-refractivity contribution is 5.91. The molecule has 32 heavy (non-hydrogen) atoms. The van der Waals surface area contributed by atoms with Gasteiger partial charge in [-0.3, -0.25) is 4.79 Å². The maximum Gasteiger partial charge on any atom is 0.155 e. The van der Waals surface area contributed by atoms with Crippen molar-refractivity contribution in [3.05, 3.63) is 11.6 Å². The zero-order valence-electron chi connectivity index (χ0n) is 22.8. The molecular formula is C31H54O. The van der Waals surface area contributed by atoms with Crippen molar-refractivity contribution in [3.63, 3.8) is 0 Å². The Kier molecular flexibility index (Phi) is 8.42. The SMILES string of the molecule is CC.CCC(CC[C@@H](C)C1CCC2C3CCC4=CC(=O)CCC4(C)C3CCC21C)C(C)C. The van der Waals surface area contributed by atoms with Crippen LogP contribution < -0.4 is 0 Å². The van der Waals surface area contributed by atoms with Crippen molar-refractivity contribution in [2.45, 2.75) is 126 Å². The molecule has 0 heterocycles. The van der Waals surface area contributed by atoms with Gasteiger partial charge in [0, 0.05) is 6.42 Å². The molecule has 184 valence electrons. The fourth-order valence-corrected chi connectivity index (χ4v) is 9.22. The standard InChI is InChI=1S/C29H48O.C2H6/c1-7-21(19(2)3)9-8-20(4)25-12-13-26-24-11-10-22-18-23(30)14-16-28(22,5)27(24)15-17-29(25,26)6;1-2/h18-21,24-27H,7-17H2,1-6H3;1-2H3/t20-,21?,24?,25?,26?,27?,28?,29?;/m1./s1. The van der Waals surface area contributed by atoms with E-state index in [1.54, 1.807) is 0 Å². The summed E-state index contributed by atoms with van der Waals surface area (Å²) in [5.74, 6) is 6.63. The Hall–Kier alpha value is -0.590. The third kappa shape index (κ3) is 4.53. The molecule has 4 rings (SSSR count). The maximum atomic E-state index is 12.1. The van der Waals surface area contributed by atoms with Crippen LogP contribution in [0.5, 0.6) is 0 Å². The molecule has 0 saturated heterocycles. The maximum absolute atomic E-state index is 12.1. The molecule has 0 aliphatic heterocycles. The highest BCUT2D eigenvalue weighted by atomic mass is 16.1. The van der Waals surface area contributed by atoms with Crippen LogP contribution in [0.25, 0.3) is 0 Å². The number of fused-ring (bicyclic) bond motifs is 5. The lowest BCUT2D eigenvalue weighted by Gasteiger charge is -2.58. The second kappa shape index (κ2) is 10.4. The molecule has 0 N–H and O–H groups in total. The molecule has 0 aromatic carbocycles. The fraction of sp³-hybridized carbons (Fsp3) is 0.903. The Morgan fingerprint density at radius 3 is 2.31 bits per heavy atom. The minimum atomic E-state index is 0.327. The van der Waals surface area contributed by atoms with Gasteiger partial charge in [-0.05, 0) is 110 Å². The van der Waals surface area contributed by atoms with E-state index in [4.69, 9.17) is 0 Å². The lowest BCUT2D eigenvalue weighted by Crippen LogP contribution is -2.51. The molecule has 0 aromatic heterocycles. The Morgan fingerprint density at radius 2 is 1.66 bits per heavy atom. The van der Waals surface area contributed by atoms with Crippen molar-refractivity contribution in [2.24, 2.45) is 52.3 Å². The van der Waals surface area contributed by atoms with Crippen LogP contribution in [0.2, 0.25) is 0 Å². The second-order valence-electron chi connectivity index (χ2n) is 12.7. The quantitative estimate of drug-likeness (QED) is 0.400. The molecule has 0 amide bonds. The van der Waals surface area contributed by atoms with Gasteiger partial charge in [0.1, 0.15) is 0 Å². The van der Waals surface area contributed by atoms with Crippen molar-refractivity contribution >= 4 is 5.78 Å². The van der Waals surface area contributed by atoms with E-state index in [1.165, 1.54) is 63.4 Å². The summed E-state index contributed by atoms with van der Waals surface area (Å²) in [5.41, 5.74) is 2.42. The molecule has 0 spiro atoms. The van der Waals surface area contributed by atoms with Crippen molar-refractivity contribution in [1.82, 2.24) is 0 Å².